The number of carbonyl (C=O) groups excluding carboxylic acids is 1. The predicted molar refractivity (Wildman–Crippen MR) is 109 cm³/mol. The number of amides is 2. The van der Waals surface area contributed by atoms with Gasteiger partial charge in [0.1, 0.15) is 5.75 Å². The van der Waals surface area contributed by atoms with Crippen LogP contribution in [-0.2, 0) is 6.42 Å². The average Bonchev–Trinajstić information content (AvgIpc) is 3.17. The molecule has 0 aliphatic heterocycles. The minimum absolute atomic E-state index is 0.157. The lowest BCUT2D eigenvalue weighted by molar-refractivity contribution is 0.255. The molecule has 4 rings (SSSR count). The highest BCUT2D eigenvalue weighted by Crippen LogP contribution is 2.51. The van der Waals surface area contributed by atoms with Crippen LogP contribution in [0, 0.1) is 16.7 Å². The molecule has 0 aromatic heterocycles. The van der Waals surface area contributed by atoms with Crippen molar-refractivity contribution >= 4 is 17.4 Å². The molecule has 0 heterocycles. The molecule has 5 heteroatoms. The first-order valence-corrected chi connectivity index (χ1v) is 9.61. The van der Waals surface area contributed by atoms with Crippen LogP contribution in [-0.4, -0.2) is 13.1 Å². The van der Waals surface area contributed by atoms with Gasteiger partial charge in [-0.1, -0.05) is 49.2 Å². The van der Waals surface area contributed by atoms with E-state index in [4.69, 9.17) is 4.74 Å². The van der Waals surface area contributed by atoms with E-state index in [1.54, 1.807) is 19.2 Å². The number of para-hydroxylation sites is 2. The van der Waals surface area contributed by atoms with Gasteiger partial charge in [-0.3, -0.25) is 0 Å². The maximum Gasteiger partial charge on any atom is 0.323 e. The number of hydrogen-bond acceptors (Lipinski definition) is 3. The molecule has 1 spiro atoms. The number of ether oxygens (including phenoxy) is 1. The van der Waals surface area contributed by atoms with Crippen molar-refractivity contribution in [3.8, 4) is 11.8 Å². The fourth-order valence-corrected chi connectivity index (χ4v) is 4.57. The minimum Gasteiger partial charge on any atom is -0.495 e. The van der Waals surface area contributed by atoms with Gasteiger partial charge in [-0.25, -0.2) is 4.79 Å². The molecule has 5 nitrogen and oxygen atoms in total. The summed E-state index contributed by atoms with van der Waals surface area (Å²) in [5, 5.41) is 15.8. The van der Waals surface area contributed by atoms with Crippen molar-refractivity contribution < 1.29 is 9.53 Å². The first-order valence-electron chi connectivity index (χ1n) is 9.61. The molecule has 2 aromatic carbocycles. The zero-order chi connectivity index (χ0) is 19.6. The molecule has 0 bridgehead atoms. The number of fused-ring (bicyclic) bond motifs is 1. The Kier molecular flexibility index (Phi) is 4.79. The summed E-state index contributed by atoms with van der Waals surface area (Å²) in [5.74, 6) is 0.587. The van der Waals surface area contributed by atoms with Gasteiger partial charge in [-0.15, -0.1) is 0 Å². The van der Waals surface area contributed by atoms with Gasteiger partial charge in [0, 0.05) is 11.0 Å². The smallest absolute Gasteiger partial charge is 0.323 e. The third kappa shape index (κ3) is 3.11. The summed E-state index contributed by atoms with van der Waals surface area (Å²) < 4.78 is 5.30. The molecule has 2 aliphatic carbocycles. The maximum absolute atomic E-state index is 12.8. The second kappa shape index (κ2) is 7.40. The van der Waals surface area contributed by atoms with Gasteiger partial charge in [-0.05, 0) is 37.0 Å². The summed E-state index contributed by atoms with van der Waals surface area (Å²) in [6.07, 6.45) is 5.08. The number of methoxy groups -OCH3 is 1. The molecule has 2 aliphatic rings. The molecule has 142 valence electrons. The summed E-state index contributed by atoms with van der Waals surface area (Å²) >= 11 is 0. The van der Waals surface area contributed by atoms with Crippen LogP contribution in [0.2, 0.25) is 0 Å². The van der Waals surface area contributed by atoms with Gasteiger partial charge < -0.3 is 15.4 Å². The number of carbonyl (C=O) groups is 1. The van der Waals surface area contributed by atoms with E-state index in [0.29, 0.717) is 22.7 Å². The first kappa shape index (κ1) is 18.1. The fourth-order valence-electron chi connectivity index (χ4n) is 4.57. The van der Waals surface area contributed by atoms with Gasteiger partial charge in [0.15, 0.2) is 0 Å². The van der Waals surface area contributed by atoms with Gasteiger partial charge in [0.2, 0.25) is 0 Å². The van der Waals surface area contributed by atoms with Crippen molar-refractivity contribution in [3.63, 3.8) is 0 Å². The van der Waals surface area contributed by atoms with Crippen LogP contribution in [0.4, 0.5) is 10.5 Å². The van der Waals surface area contributed by atoms with E-state index < -0.39 is 0 Å². The highest BCUT2D eigenvalue weighted by molar-refractivity contribution is 5.98. The van der Waals surface area contributed by atoms with Crippen molar-refractivity contribution in [2.45, 2.75) is 32.1 Å². The molecule has 2 N–H and O–H groups in total. The largest absolute Gasteiger partial charge is 0.495 e. The molecule has 0 unspecified atom stereocenters. The molecule has 2 amide bonds. The van der Waals surface area contributed by atoms with Gasteiger partial charge in [0.25, 0.3) is 0 Å². The second-order valence-corrected chi connectivity index (χ2v) is 7.46. The Labute approximate surface area is 165 Å². The highest BCUT2D eigenvalue weighted by atomic mass is 16.5. The van der Waals surface area contributed by atoms with E-state index >= 15 is 0 Å². The third-order valence-electron chi connectivity index (χ3n) is 5.86. The minimum atomic E-state index is -0.378. The van der Waals surface area contributed by atoms with Crippen LogP contribution in [0.5, 0.6) is 5.75 Å². The Morgan fingerprint density at radius 3 is 2.54 bits per heavy atom. The number of anilines is 1. The SMILES string of the molecule is COc1ccccc1NC(=O)NC1=C(C#N)C2(CCCC2)Cc2ccccc21. The quantitative estimate of drug-likeness (QED) is 0.806. The lowest BCUT2D eigenvalue weighted by Gasteiger charge is -2.36. The Bertz CT molecular complexity index is 981. The summed E-state index contributed by atoms with van der Waals surface area (Å²) in [7, 11) is 1.57. The average molecular weight is 373 g/mol. The summed E-state index contributed by atoms with van der Waals surface area (Å²) in [6, 6.07) is 17.4. The lowest BCUT2D eigenvalue weighted by atomic mass is 9.68. The summed E-state index contributed by atoms with van der Waals surface area (Å²) in [5.41, 5.74) is 3.90. The van der Waals surface area contributed by atoms with E-state index in [-0.39, 0.29) is 11.4 Å². The molecule has 28 heavy (non-hydrogen) atoms. The van der Waals surface area contributed by atoms with Crippen molar-refractivity contribution in [1.29, 1.82) is 5.26 Å². The highest BCUT2D eigenvalue weighted by Gasteiger charge is 2.43. The number of allylic oxidation sites excluding steroid dienone is 1. The Morgan fingerprint density at radius 2 is 1.79 bits per heavy atom. The van der Waals surface area contributed by atoms with Crippen molar-refractivity contribution in [2.75, 3.05) is 12.4 Å². The number of nitrogens with one attached hydrogen (secondary N) is 2. The molecule has 0 saturated heterocycles. The number of nitriles is 1. The monoisotopic (exact) mass is 373 g/mol. The number of hydrogen-bond donors (Lipinski definition) is 2. The topological polar surface area (TPSA) is 74.2 Å². The fraction of sp³-hybridized carbons (Fsp3) is 0.304. The molecular formula is C23H23N3O2. The Balaban J connectivity index is 1.70. The number of benzene rings is 2. The van der Waals surface area contributed by atoms with E-state index in [0.717, 1.165) is 37.7 Å². The van der Waals surface area contributed by atoms with Crippen LogP contribution < -0.4 is 15.4 Å². The number of urea groups is 1. The van der Waals surface area contributed by atoms with Gasteiger partial charge >= 0.3 is 6.03 Å². The molecule has 1 fully saturated rings. The van der Waals surface area contributed by atoms with Crippen LogP contribution in [0.15, 0.2) is 54.1 Å². The van der Waals surface area contributed by atoms with Crippen molar-refractivity contribution in [2.24, 2.45) is 5.41 Å². The van der Waals surface area contributed by atoms with E-state index in [1.165, 1.54) is 5.56 Å². The normalized spacial score (nSPS) is 17.0. The summed E-state index contributed by atoms with van der Waals surface area (Å²) in [6.45, 7) is 0. The van der Waals surface area contributed by atoms with Crippen molar-refractivity contribution in [3.05, 3.63) is 65.2 Å². The molecule has 0 radical (unpaired) electrons. The summed E-state index contributed by atoms with van der Waals surface area (Å²) in [4.78, 5) is 12.8. The molecule has 2 aromatic rings. The van der Waals surface area contributed by atoms with Crippen LogP contribution in [0.1, 0.15) is 36.8 Å². The van der Waals surface area contributed by atoms with E-state index in [9.17, 15) is 10.1 Å². The standard InChI is InChI=1S/C23H23N3O2/c1-28-20-11-5-4-10-19(20)25-22(27)26-21-17-9-3-2-8-16(17)14-23(18(21)15-24)12-6-7-13-23/h2-5,8-11H,6-7,12-14H2,1H3,(H2,25,26,27). The van der Waals surface area contributed by atoms with Crippen LogP contribution >= 0.6 is 0 Å². The molecular weight excluding hydrogens is 350 g/mol. The Morgan fingerprint density at radius 1 is 1.07 bits per heavy atom. The first-order chi connectivity index (χ1) is 13.7. The second-order valence-electron chi connectivity index (χ2n) is 7.46. The Hall–Kier alpha value is -3.26. The molecule has 0 atom stereocenters. The zero-order valence-corrected chi connectivity index (χ0v) is 15.9. The van der Waals surface area contributed by atoms with Crippen molar-refractivity contribution in [1.82, 2.24) is 5.32 Å². The van der Waals surface area contributed by atoms with E-state index in [2.05, 4.69) is 22.8 Å². The third-order valence-corrected chi connectivity index (χ3v) is 5.86. The maximum atomic E-state index is 12.8. The van der Waals surface area contributed by atoms with Crippen LogP contribution in [0.25, 0.3) is 5.70 Å². The zero-order valence-electron chi connectivity index (χ0n) is 15.9. The lowest BCUT2D eigenvalue weighted by Crippen LogP contribution is -2.35. The predicted octanol–water partition coefficient (Wildman–Crippen LogP) is 4.87. The van der Waals surface area contributed by atoms with E-state index in [1.807, 2.05) is 30.3 Å². The number of rotatable bonds is 3. The van der Waals surface area contributed by atoms with Gasteiger partial charge in [0.05, 0.1) is 30.1 Å². The molecule has 1 saturated carbocycles. The van der Waals surface area contributed by atoms with Crippen LogP contribution in [0.3, 0.4) is 0 Å². The van der Waals surface area contributed by atoms with Gasteiger partial charge in [-0.2, -0.15) is 5.26 Å². The number of nitrogens with zero attached hydrogens (tertiary/aromatic N) is 1.